The first kappa shape index (κ1) is 10.1. The molecule has 1 rings (SSSR count). The van der Waals surface area contributed by atoms with E-state index < -0.39 is 0 Å². The second kappa shape index (κ2) is 3.81. The molecule has 0 saturated carbocycles. The van der Waals surface area contributed by atoms with Crippen molar-refractivity contribution in [3.63, 3.8) is 0 Å². The summed E-state index contributed by atoms with van der Waals surface area (Å²) in [6.07, 6.45) is 2.79. The summed E-state index contributed by atoms with van der Waals surface area (Å²) in [5.74, 6) is 0. The van der Waals surface area contributed by atoms with Crippen LogP contribution in [-0.4, -0.2) is 11.5 Å². The molecule has 0 fully saturated rings. The molecule has 0 atom stereocenters. The molecule has 0 amide bonds. The summed E-state index contributed by atoms with van der Waals surface area (Å²) in [4.78, 5) is 4.17. The van der Waals surface area contributed by atoms with Gasteiger partial charge in [-0.1, -0.05) is 20.8 Å². The van der Waals surface area contributed by atoms with Crippen LogP contribution in [-0.2, 0) is 0 Å². The van der Waals surface area contributed by atoms with Gasteiger partial charge in [-0.15, -0.1) is 0 Å². The molecule has 0 saturated heterocycles. The van der Waals surface area contributed by atoms with Crippen molar-refractivity contribution in [1.29, 1.82) is 0 Å². The summed E-state index contributed by atoms with van der Waals surface area (Å²) in [6, 6.07) is 0.624. The van der Waals surface area contributed by atoms with Crippen LogP contribution < -0.4 is 5.32 Å². The van der Waals surface area contributed by atoms with Gasteiger partial charge in [0.25, 0.3) is 6.01 Å². The van der Waals surface area contributed by atoms with Crippen molar-refractivity contribution in [2.75, 3.05) is 11.9 Å². The molecule has 13 heavy (non-hydrogen) atoms. The van der Waals surface area contributed by atoms with E-state index in [-0.39, 0.29) is 0 Å². The lowest BCUT2D eigenvalue weighted by atomic mass is 9.90. The van der Waals surface area contributed by atoms with E-state index >= 15 is 0 Å². The molecular weight excluding hydrogens is 164 g/mol. The van der Waals surface area contributed by atoms with Gasteiger partial charge < -0.3 is 9.73 Å². The molecule has 1 heterocycles. The molecule has 0 unspecified atom stereocenters. The topological polar surface area (TPSA) is 38.1 Å². The van der Waals surface area contributed by atoms with Crippen LogP contribution in [0.15, 0.2) is 10.7 Å². The Labute approximate surface area is 79.5 Å². The Morgan fingerprint density at radius 2 is 2.23 bits per heavy atom. The normalized spacial score (nSPS) is 11.7. The summed E-state index contributed by atoms with van der Waals surface area (Å²) in [7, 11) is 0. The van der Waals surface area contributed by atoms with Crippen LogP contribution in [0.25, 0.3) is 0 Å². The predicted octanol–water partition coefficient (Wildman–Crippen LogP) is 2.83. The molecule has 1 aromatic rings. The van der Waals surface area contributed by atoms with Crippen molar-refractivity contribution in [3.05, 3.63) is 12.0 Å². The summed E-state index contributed by atoms with van der Waals surface area (Å²) < 4.78 is 5.18. The second-order valence-corrected chi connectivity index (χ2v) is 4.17. The van der Waals surface area contributed by atoms with Crippen molar-refractivity contribution in [2.24, 2.45) is 5.41 Å². The van der Waals surface area contributed by atoms with Crippen molar-refractivity contribution in [3.8, 4) is 0 Å². The van der Waals surface area contributed by atoms with Gasteiger partial charge in [0.05, 0.1) is 5.69 Å². The third kappa shape index (κ3) is 3.09. The SMILES string of the molecule is CCC(C)(C)CNc1nc(C)co1. The number of hydrogen-bond acceptors (Lipinski definition) is 3. The fourth-order valence-corrected chi connectivity index (χ4v) is 0.875. The van der Waals surface area contributed by atoms with Gasteiger partial charge in [-0.25, -0.2) is 0 Å². The highest BCUT2D eigenvalue weighted by Crippen LogP contribution is 2.20. The molecule has 0 aliphatic heterocycles. The number of rotatable bonds is 4. The molecule has 3 nitrogen and oxygen atoms in total. The van der Waals surface area contributed by atoms with Crippen LogP contribution >= 0.6 is 0 Å². The molecule has 0 radical (unpaired) electrons. The van der Waals surface area contributed by atoms with E-state index in [0.717, 1.165) is 18.7 Å². The number of oxazole rings is 1. The molecule has 0 aliphatic carbocycles. The first-order chi connectivity index (χ1) is 6.03. The maximum absolute atomic E-state index is 5.18. The Bertz CT molecular complexity index is 266. The van der Waals surface area contributed by atoms with Gasteiger partial charge in [0.2, 0.25) is 0 Å². The van der Waals surface area contributed by atoms with Crippen LogP contribution in [0.1, 0.15) is 32.9 Å². The Kier molecular flexibility index (Phi) is 2.96. The van der Waals surface area contributed by atoms with Crippen LogP contribution in [0.4, 0.5) is 6.01 Å². The average Bonchev–Trinajstić information content (AvgIpc) is 2.48. The number of anilines is 1. The molecule has 1 aromatic heterocycles. The molecule has 0 aromatic carbocycles. The fourth-order valence-electron chi connectivity index (χ4n) is 0.875. The number of aromatic nitrogens is 1. The van der Waals surface area contributed by atoms with E-state index in [0.29, 0.717) is 11.4 Å². The number of aryl methyl sites for hydroxylation is 1. The Hall–Kier alpha value is -0.990. The molecule has 0 bridgehead atoms. The number of nitrogens with one attached hydrogen (secondary N) is 1. The van der Waals surface area contributed by atoms with E-state index in [4.69, 9.17) is 4.42 Å². The standard InChI is InChI=1S/C10H18N2O/c1-5-10(3,4)7-11-9-12-8(2)6-13-9/h6H,5,7H2,1-4H3,(H,11,12). The summed E-state index contributed by atoms with van der Waals surface area (Å²) >= 11 is 0. The second-order valence-electron chi connectivity index (χ2n) is 4.17. The smallest absolute Gasteiger partial charge is 0.294 e. The van der Waals surface area contributed by atoms with E-state index in [1.54, 1.807) is 6.26 Å². The third-order valence-electron chi connectivity index (χ3n) is 2.29. The van der Waals surface area contributed by atoms with Gasteiger partial charge >= 0.3 is 0 Å². The lowest BCUT2D eigenvalue weighted by molar-refractivity contribution is 0.372. The lowest BCUT2D eigenvalue weighted by Crippen LogP contribution is -2.22. The van der Waals surface area contributed by atoms with Crippen molar-refractivity contribution in [1.82, 2.24) is 4.98 Å². The van der Waals surface area contributed by atoms with E-state index in [9.17, 15) is 0 Å². The zero-order valence-electron chi connectivity index (χ0n) is 8.85. The van der Waals surface area contributed by atoms with Crippen molar-refractivity contribution in [2.45, 2.75) is 34.1 Å². The van der Waals surface area contributed by atoms with E-state index in [1.807, 2.05) is 6.92 Å². The highest BCUT2D eigenvalue weighted by molar-refractivity contribution is 5.20. The van der Waals surface area contributed by atoms with Crippen LogP contribution in [0.3, 0.4) is 0 Å². The summed E-state index contributed by atoms with van der Waals surface area (Å²) in [5, 5.41) is 3.18. The third-order valence-corrected chi connectivity index (χ3v) is 2.29. The molecule has 74 valence electrons. The first-order valence-electron chi connectivity index (χ1n) is 4.69. The van der Waals surface area contributed by atoms with Gasteiger partial charge in [0.1, 0.15) is 6.26 Å². The van der Waals surface area contributed by atoms with Gasteiger partial charge in [-0.3, -0.25) is 0 Å². The number of nitrogens with zero attached hydrogens (tertiary/aromatic N) is 1. The zero-order chi connectivity index (χ0) is 9.90. The van der Waals surface area contributed by atoms with Gasteiger partial charge in [-0.05, 0) is 18.8 Å². The predicted molar refractivity (Wildman–Crippen MR) is 53.8 cm³/mol. The van der Waals surface area contributed by atoms with Crippen LogP contribution in [0.2, 0.25) is 0 Å². The molecule has 1 N–H and O–H groups in total. The minimum Gasteiger partial charge on any atom is -0.432 e. The highest BCUT2D eigenvalue weighted by atomic mass is 16.4. The van der Waals surface area contributed by atoms with E-state index in [1.165, 1.54) is 0 Å². The Morgan fingerprint density at radius 3 is 2.69 bits per heavy atom. The van der Waals surface area contributed by atoms with Gasteiger partial charge in [0, 0.05) is 6.54 Å². The molecule has 0 spiro atoms. The van der Waals surface area contributed by atoms with Crippen molar-refractivity contribution < 1.29 is 4.42 Å². The van der Waals surface area contributed by atoms with Crippen molar-refractivity contribution >= 4 is 6.01 Å². The largest absolute Gasteiger partial charge is 0.432 e. The minimum absolute atomic E-state index is 0.294. The van der Waals surface area contributed by atoms with Crippen LogP contribution in [0, 0.1) is 12.3 Å². The fraction of sp³-hybridized carbons (Fsp3) is 0.700. The molecular formula is C10H18N2O. The Balaban J connectivity index is 2.43. The number of hydrogen-bond donors (Lipinski definition) is 1. The quantitative estimate of drug-likeness (QED) is 0.778. The zero-order valence-corrected chi connectivity index (χ0v) is 8.85. The summed E-state index contributed by atoms with van der Waals surface area (Å²) in [6.45, 7) is 9.43. The first-order valence-corrected chi connectivity index (χ1v) is 4.69. The van der Waals surface area contributed by atoms with Gasteiger partial charge in [0.15, 0.2) is 0 Å². The van der Waals surface area contributed by atoms with Crippen LogP contribution in [0.5, 0.6) is 0 Å². The molecule has 3 heteroatoms. The van der Waals surface area contributed by atoms with E-state index in [2.05, 4.69) is 31.1 Å². The highest BCUT2D eigenvalue weighted by Gasteiger charge is 2.15. The average molecular weight is 182 g/mol. The van der Waals surface area contributed by atoms with Gasteiger partial charge in [-0.2, -0.15) is 4.98 Å². The lowest BCUT2D eigenvalue weighted by Gasteiger charge is -2.21. The Morgan fingerprint density at radius 1 is 1.54 bits per heavy atom. The summed E-state index contributed by atoms with van der Waals surface area (Å²) in [5.41, 5.74) is 1.21. The minimum atomic E-state index is 0.294. The maximum atomic E-state index is 5.18. The monoisotopic (exact) mass is 182 g/mol. The molecule has 0 aliphatic rings. The maximum Gasteiger partial charge on any atom is 0.294 e.